The van der Waals surface area contributed by atoms with Gasteiger partial charge in [0.05, 0.1) is 6.54 Å². The lowest BCUT2D eigenvalue weighted by molar-refractivity contribution is -0.128. The fourth-order valence-electron chi connectivity index (χ4n) is 5.25. The molecule has 208 valence electrons. The van der Waals surface area contributed by atoms with E-state index in [0.717, 1.165) is 56.8 Å². The number of aryl methyl sites for hydroxylation is 1. The molecule has 1 saturated heterocycles. The minimum Gasteiger partial charge on any atom is -0.454 e. The number of fused-ring (bicyclic) bond motifs is 1. The Kier molecular flexibility index (Phi) is 11.5. The lowest BCUT2D eigenvalue weighted by Crippen LogP contribution is -2.36. The van der Waals surface area contributed by atoms with Crippen LogP contribution in [0.4, 0.5) is 5.69 Å². The normalized spacial score (nSPS) is 18.0. The van der Waals surface area contributed by atoms with Crippen LogP contribution in [0.1, 0.15) is 63.5 Å². The Morgan fingerprint density at radius 1 is 1.11 bits per heavy atom. The molecule has 0 spiro atoms. The molecule has 38 heavy (non-hydrogen) atoms. The number of rotatable bonds is 11. The molecule has 4 rings (SSSR count). The van der Waals surface area contributed by atoms with Crippen molar-refractivity contribution in [2.24, 2.45) is 0 Å². The summed E-state index contributed by atoms with van der Waals surface area (Å²) in [5.74, 6) is 2.07. The summed E-state index contributed by atoms with van der Waals surface area (Å²) in [6, 6.07) is 15.1. The van der Waals surface area contributed by atoms with Gasteiger partial charge in [0.1, 0.15) is 6.29 Å². The van der Waals surface area contributed by atoms with Crippen LogP contribution in [-0.2, 0) is 9.59 Å². The maximum Gasteiger partial charge on any atom is 0.231 e. The first-order chi connectivity index (χ1) is 18.4. The van der Waals surface area contributed by atoms with E-state index in [9.17, 15) is 9.59 Å². The van der Waals surface area contributed by atoms with Crippen LogP contribution in [0.25, 0.3) is 0 Å². The fraction of sp³-hybridized carbons (Fsp3) is 0.548. The second-order valence-electron chi connectivity index (χ2n) is 10.3. The van der Waals surface area contributed by atoms with Gasteiger partial charge in [-0.25, -0.2) is 0 Å². The van der Waals surface area contributed by atoms with E-state index < -0.39 is 0 Å². The molecule has 2 aromatic rings. The first-order valence-corrected chi connectivity index (χ1v) is 14.0. The molecule has 2 aliphatic heterocycles. The van der Waals surface area contributed by atoms with Crippen molar-refractivity contribution < 1.29 is 19.1 Å². The molecule has 2 aromatic carbocycles. The minimum absolute atomic E-state index is 0.106. The number of nitrogens with zero attached hydrogens (tertiary/aromatic N) is 3. The lowest BCUT2D eigenvalue weighted by atomic mass is 9.95. The number of carbonyl (C=O) groups excluding carboxylic acids is 2. The largest absolute Gasteiger partial charge is 0.454 e. The molecule has 2 heterocycles. The number of benzene rings is 2. The molecule has 0 radical (unpaired) electrons. The summed E-state index contributed by atoms with van der Waals surface area (Å²) in [5.41, 5.74) is 3.89. The van der Waals surface area contributed by atoms with Gasteiger partial charge >= 0.3 is 0 Å². The maximum absolute atomic E-state index is 11.6. The van der Waals surface area contributed by atoms with Gasteiger partial charge in [-0.1, -0.05) is 31.5 Å². The summed E-state index contributed by atoms with van der Waals surface area (Å²) >= 11 is 0. The highest BCUT2D eigenvalue weighted by atomic mass is 16.7. The average molecular weight is 524 g/mol. The topological polar surface area (TPSA) is 62.3 Å². The van der Waals surface area contributed by atoms with Gasteiger partial charge in [-0.15, -0.1) is 0 Å². The first kappa shape index (κ1) is 29.5. The van der Waals surface area contributed by atoms with Crippen molar-refractivity contribution in [3.05, 3.63) is 53.6 Å². The van der Waals surface area contributed by atoms with Crippen LogP contribution in [0, 0.1) is 6.92 Å². The van der Waals surface area contributed by atoms with Gasteiger partial charge < -0.3 is 24.1 Å². The molecule has 1 fully saturated rings. The molecule has 0 N–H and O–H groups in total. The monoisotopic (exact) mass is 523 g/mol. The average Bonchev–Trinajstić information content (AvgIpc) is 3.54. The Balaban J connectivity index is 0.000000260. The first-order valence-electron chi connectivity index (χ1n) is 14.0. The Labute approximate surface area is 228 Å². The quantitative estimate of drug-likeness (QED) is 0.375. The lowest BCUT2D eigenvalue weighted by Gasteiger charge is -2.25. The number of unbranched alkanes of at least 4 members (excludes halogenated alkanes) is 1. The Bertz CT molecular complexity index is 1040. The molecular formula is C31H45N3O4. The van der Waals surface area contributed by atoms with E-state index in [1.807, 2.05) is 17.9 Å². The van der Waals surface area contributed by atoms with Gasteiger partial charge in [0, 0.05) is 51.9 Å². The molecule has 2 unspecified atom stereocenters. The van der Waals surface area contributed by atoms with Crippen molar-refractivity contribution in [1.82, 2.24) is 9.80 Å². The van der Waals surface area contributed by atoms with Crippen molar-refractivity contribution in [2.75, 3.05) is 51.5 Å². The summed E-state index contributed by atoms with van der Waals surface area (Å²) in [5, 5.41) is 0. The third-order valence-corrected chi connectivity index (χ3v) is 7.55. The maximum atomic E-state index is 11.6. The molecule has 7 nitrogen and oxygen atoms in total. The van der Waals surface area contributed by atoms with Crippen molar-refractivity contribution in [2.45, 2.75) is 65.3 Å². The van der Waals surface area contributed by atoms with Gasteiger partial charge in [0.2, 0.25) is 12.7 Å². The number of amides is 1. The van der Waals surface area contributed by atoms with E-state index in [2.05, 4.69) is 67.1 Å². The highest BCUT2D eigenvalue weighted by Gasteiger charge is 2.33. The number of anilines is 1. The molecule has 2 atom stereocenters. The van der Waals surface area contributed by atoms with E-state index in [1.165, 1.54) is 29.7 Å². The third-order valence-electron chi connectivity index (χ3n) is 7.55. The van der Waals surface area contributed by atoms with Gasteiger partial charge in [0.25, 0.3) is 0 Å². The molecule has 1 amide bonds. The van der Waals surface area contributed by atoms with Crippen LogP contribution in [0.15, 0.2) is 42.5 Å². The van der Waals surface area contributed by atoms with Crippen LogP contribution in [-0.4, -0.2) is 74.6 Å². The zero-order valence-corrected chi connectivity index (χ0v) is 23.8. The second-order valence-corrected chi connectivity index (χ2v) is 10.3. The molecule has 7 heteroatoms. The Hall–Kier alpha value is -3.06. The number of hydrogen-bond acceptors (Lipinski definition) is 6. The standard InChI is InChI=1S/C19H26N2O4.C12H19N/c1-3-20(14(2)23)7-6-17-10-16(12-21(17)8-9-22)15-4-5-18-19(11-15)25-13-24-18;1-4-5-9-13(3)12-8-6-7-11(2)10-12/h4-5,9,11,16-17H,3,6-8,10,12-13H2,1-2H3;6-8,10H,4-5,9H2,1-3H3. The SMILES string of the molecule is CCCCN(C)c1cccc(C)c1.CCN(CCC1CC(c2ccc3c(c2)OCO3)CN1CC=O)C(C)=O. The summed E-state index contributed by atoms with van der Waals surface area (Å²) < 4.78 is 10.9. The van der Waals surface area contributed by atoms with Crippen LogP contribution in [0.5, 0.6) is 11.5 Å². The van der Waals surface area contributed by atoms with E-state index in [0.29, 0.717) is 18.5 Å². The van der Waals surface area contributed by atoms with E-state index in [1.54, 1.807) is 6.92 Å². The number of ether oxygens (including phenoxy) is 2. The number of hydrogen-bond donors (Lipinski definition) is 0. The molecule has 2 aliphatic rings. The minimum atomic E-state index is 0.106. The predicted octanol–water partition coefficient (Wildman–Crippen LogP) is 5.26. The van der Waals surface area contributed by atoms with E-state index in [4.69, 9.17) is 9.47 Å². The predicted molar refractivity (Wildman–Crippen MR) is 153 cm³/mol. The van der Waals surface area contributed by atoms with E-state index >= 15 is 0 Å². The van der Waals surface area contributed by atoms with Crippen LogP contribution >= 0.6 is 0 Å². The number of carbonyl (C=O) groups is 2. The van der Waals surface area contributed by atoms with Gasteiger partial charge in [-0.05, 0) is 74.4 Å². The summed E-state index contributed by atoms with van der Waals surface area (Å²) in [6.45, 7) is 12.2. The zero-order chi connectivity index (χ0) is 27.5. The van der Waals surface area contributed by atoms with Crippen molar-refractivity contribution >= 4 is 17.9 Å². The summed E-state index contributed by atoms with van der Waals surface area (Å²) in [7, 11) is 2.16. The van der Waals surface area contributed by atoms with Crippen LogP contribution in [0.3, 0.4) is 0 Å². The molecular weight excluding hydrogens is 478 g/mol. The van der Waals surface area contributed by atoms with Gasteiger partial charge in [-0.3, -0.25) is 9.69 Å². The number of aldehydes is 1. The van der Waals surface area contributed by atoms with Crippen LogP contribution in [0.2, 0.25) is 0 Å². The second kappa shape index (κ2) is 14.8. The Morgan fingerprint density at radius 3 is 2.58 bits per heavy atom. The van der Waals surface area contributed by atoms with Crippen molar-refractivity contribution in [3.8, 4) is 11.5 Å². The van der Waals surface area contributed by atoms with Crippen LogP contribution < -0.4 is 14.4 Å². The van der Waals surface area contributed by atoms with E-state index in [-0.39, 0.29) is 12.7 Å². The smallest absolute Gasteiger partial charge is 0.231 e. The van der Waals surface area contributed by atoms with Gasteiger partial charge in [0.15, 0.2) is 11.5 Å². The molecule has 0 aromatic heterocycles. The summed E-state index contributed by atoms with van der Waals surface area (Å²) in [6.07, 6.45) is 5.38. The molecule has 0 bridgehead atoms. The Morgan fingerprint density at radius 2 is 1.89 bits per heavy atom. The van der Waals surface area contributed by atoms with Crippen molar-refractivity contribution in [3.63, 3.8) is 0 Å². The highest BCUT2D eigenvalue weighted by Crippen LogP contribution is 2.39. The fourth-order valence-corrected chi connectivity index (χ4v) is 5.25. The molecule has 0 saturated carbocycles. The van der Waals surface area contributed by atoms with Gasteiger partial charge in [-0.2, -0.15) is 0 Å². The number of likely N-dealkylation sites (tertiary alicyclic amines) is 1. The third kappa shape index (κ3) is 8.22. The zero-order valence-electron chi connectivity index (χ0n) is 23.8. The highest BCUT2D eigenvalue weighted by molar-refractivity contribution is 5.73. The summed E-state index contributed by atoms with van der Waals surface area (Å²) in [4.78, 5) is 29.1. The molecule has 0 aliphatic carbocycles. The van der Waals surface area contributed by atoms with Crippen molar-refractivity contribution in [1.29, 1.82) is 0 Å².